The zero-order valence-electron chi connectivity index (χ0n) is 43.6. The number of aliphatic hydroxyl groups excluding tert-OH is 5. The Morgan fingerprint density at radius 3 is 1.51 bits per heavy atom. The summed E-state index contributed by atoms with van der Waals surface area (Å²) in [6.45, 7) is 5.59. The Morgan fingerprint density at radius 2 is 1.00 bits per heavy atom. The molecule has 0 aliphatic carbocycles. The van der Waals surface area contributed by atoms with Crippen molar-refractivity contribution in [2.24, 2.45) is 21.1 Å². The number of aldehydes is 1. The van der Waals surface area contributed by atoms with E-state index in [4.69, 9.17) is 14.2 Å². The molecule has 12 nitrogen and oxygen atoms in total. The van der Waals surface area contributed by atoms with Gasteiger partial charge in [0, 0.05) is 53.9 Å². The summed E-state index contributed by atoms with van der Waals surface area (Å²) in [7, 11) is 7.80. The lowest BCUT2D eigenvalue weighted by atomic mass is 9.61. The van der Waals surface area contributed by atoms with Gasteiger partial charge in [-0.2, -0.15) is 0 Å². The Bertz CT molecular complexity index is 2590. The summed E-state index contributed by atoms with van der Waals surface area (Å²) in [5, 5.41) is 52.4. The van der Waals surface area contributed by atoms with E-state index in [0.29, 0.717) is 18.4 Å². The highest BCUT2D eigenvalue weighted by atomic mass is 16.7. The molecule has 12 unspecified atom stereocenters. The molecule has 3 aromatic carbocycles. The number of aliphatic hydroxyl groups is 5. The van der Waals surface area contributed by atoms with Crippen LogP contribution in [0.25, 0.3) is 0 Å². The third kappa shape index (κ3) is 15.2. The zero-order valence-corrected chi connectivity index (χ0v) is 43.6. The van der Waals surface area contributed by atoms with Crippen LogP contribution in [0.2, 0.25) is 0 Å². The van der Waals surface area contributed by atoms with E-state index in [1.165, 1.54) is 22.3 Å². The van der Waals surface area contributed by atoms with E-state index in [-0.39, 0.29) is 61.7 Å². The molecule has 1 aliphatic heterocycles. The van der Waals surface area contributed by atoms with Gasteiger partial charge in [0.2, 0.25) is 0 Å². The first kappa shape index (κ1) is 55.1. The molecule has 0 saturated carbocycles. The lowest BCUT2D eigenvalue weighted by Gasteiger charge is -2.42. The van der Waals surface area contributed by atoms with Gasteiger partial charge in [0.15, 0.2) is 43.5 Å². The van der Waals surface area contributed by atoms with Crippen molar-refractivity contribution in [2.75, 3.05) is 7.11 Å². The van der Waals surface area contributed by atoms with Crippen molar-refractivity contribution in [3.63, 3.8) is 0 Å². The highest BCUT2D eigenvalue weighted by Crippen LogP contribution is 2.55. The van der Waals surface area contributed by atoms with Crippen molar-refractivity contribution in [1.82, 2.24) is 0 Å². The predicted molar refractivity (Wildman–Crippen MR) is 279 cm³/mol. The SMILES string of the molecule is COc1ccc(C(C(c2ccc(C=O)cc2)C(c2cc[n+](C)cc2)C(Cc2ccc(C3OC(CC(O)CC(C)O)CC(CC(O)CC(O)CC(C)O)O3)cc2)c2cc[n+](C)cc2)[C@@H](C)c2cc[n+](C)cc2)cc1. The fraction of sp³-hybridized carbons (Fsp3) is 0.443. The number of ether oxygens (including phenoxy) is 3. The van der Waals surface area contributed by atoms with Gasteiger partial charge in [0.25, 0.3) is 0 Å². The lowest BCUT2D eigenvalue weighted by molar-refractivity contribution is -0.671. The van der Waals surface area contributed by atoms with Crippen molar-refractivity contribution in [3.8, 4) is 5.75 Å². The number of pyridine rings is 3. The summed E-state index contributed by atoms with van der Waals surface area (Å²) in [4.78, 5) is 12.2. The van der Waals surface area contributed by atoms with Crippen molar-refractivity contribution in [3.05, 3.63) is 191 Å². The third-order valence-electron chi connectivity index (χ3n) is 14.8. The van der Waals surface area contributed by atoms with Crippen LogP contribution in [-0.4, -0.2) is 81.7 Å². The number of carbonyl (C=O) groups is 1. The molecule has 0 amide bonds. The molecule has 3 aromatic heterocycles. The van der Waals surface area contributed by atoms with E-state index in [1.807, 2.05) is 45.4 Å². The largest absolute Gasteiger partial charge is 0.497 e. The molecule has 73 heavy (non-hydrogen) atoms. The van der Waals surface area contributed by atoms with Crippen molar-refractivity contribution in [2.45, 2.75) is 144 Å². The van der Waals surface area contributed by atoms with Gasteiger partial charge in [-0.3, -0.25) is 4.79 Å². The van der Waals surface area contributed by atoms with Gasteiger partial charge >= 0.3 is 0 Å². The molecule has 1 fully saturated rings. The smallest absolute Gasteiger partial charge is 0.184 e. The molecule has 388 valence electrons. The zero-order chi connectivity index (χ0) is 52.2. The minimum atomic E-state index is -0.880. The van der Waals surface area contributed by atoms with Crippen LogP contribution in [0.15, 0.2) is 146 Å². The van der Waals surface area contributed by atoms with E-state index in [1.54, 1.807) is 21.0 Å². The number of hydrogen-bond donors (Lipinski definition) is 5. The number of hydrogen-bond acceptors (Lipinski definition) is 9. The van der Waals surface area contributed by atoms with Crippen LogP contribution in [0.5, 0.6) is 5.75 Å². The fourth-order valence-electron chi connectivity index (χ4n) is 11.0. The first-order valence-electron chi connectivity index (χ1n) is 25.9. The van der Waals surface area contributed by atoms with Crippen LogP contribution in [-0.2, 0) is 37.0 Å². The summed E-state index contributed by atoms with van der Waals surface area (Å²) < 4.78 is 25.0. The van der Waals surface area contributed by atoms with E-state index in [2.05, 4.69) is 143 Å². The van der Waals surface area contributed by atoms with Gasteiger partial charge in [-0.05, 0) is 127 Å². The molecule has 1 aliphatic rings. The first-order valence-corrected chi connectivity index (χ1v) is 25.9. The highest BCUT2D eigenvalue weighted by Gasteiger charge is 2.42. The second kappa shape index (κ2) is 26.0. The van der Waals surface area contributed by atoms with E-state index < -0.39 is 49.0 Å². The van der Waals surface area contributed by atoms with Crippen molar-refractivity contribution in [1.29, 1.82) is 0 Å². The molecule has 12 heteroatoms. The van der Waals surface area contributed by atoms with Crippen LogP contribution in [0.1, 0.15) is 144 Å². The van der Waals surface area contributed by atoms with Crippen LogP contribution < -0.4 is 18.4 Å². The standard InChI is InChI=1S/C61H78N3O9/c1-40(66)32-51(68)35-53(70)37-56-38-55(36-52(69)33-41(2)67)72-61(73-56)50-14-8-43(9-15-50)34-57(46-22-28-63(5)29-23-46)59(49-24-30-64(6)31-25-49)60(48-12-10-44(39-65)11-13-48)58(47-16-18-54(71-7)19-17-47)42(3)45-20-26-62(4)27-21-45/h8-31,39-42,51-53,55-61,66-70H,32-38H2,1-7H3/q+3/t40?,41?,42-,51?,52?,53?,55?,56?,57?,58?,59?,60?,61?/m0/s1. The van der Waals surface area contributed by atoms with Gasteiger partial charge in [-0.1, -0.05) is 67.6 Å². The average molecular weight is 997 g/mol. The van der Waals surface area contributed by atoms with E-state index >= 15 is 0 Å². The average Bonchev–Trinajstić information content (AvgIpc) is 3.36. The molecule has 0 radical (unpaired) electrons. The normalized spacial score (nSPS) is 20.1. The minimum absolute atomic E-state index is 0.0351. The van der Waals surface area contributed by atoms with Gasteiger partial charge < -0.3 is 39.7 Å². The van der Waals surface area contributed by atoms with Gasteiger partial charge in [-0.25, -0.2) is 13.7 Å². The van der Waals surface area contributed by atoms with Gasteiger partial charge in [-0.15, -0.1) is 0 Å². The highest BCUT2D eigenvalue weighted by molar-refractivity contribution is 5.74. The summed E-state index contributed by atoms with van der Waals surface area (Å²) in [5.74, 6) is 0.432. The molecule has 1 saturated heterocycles. The Hall–Kier alpha value is -5.70. The lowest BCUT2D eigenvalue weighted by Crippen LogP contribution is -2.38. The van der Waals surface area contributed by atoms with Crippen LogP contribution >= 0.6 is 0 Å². The van der Waals surface area contributed by atoms with Crippen molar-refractivity contribution < 1.29 is 58.2 Å². The summed E-state index contributed by atoms with van der Waals surface area (Å²) in [6.07, 6.45) is 10.1. The predicted octanol–water partition coefficient (Wildman–Crippen LogP) is 7.43. The number of rotatable bonds is 24. The Kier molecular flexibility index (Phi) is 19.6. The van der Waals surface area contributed by atoms with Crippen LogP contribution in [0, 0.1) is 0 Å². The molecule has 6 aromatic rings. The molecular weight excluding hydrogens is 919 g/mol. The maximum Gasteiger partial charge on any atom is 0.184 e. The first-order chi connectivity index (χ1) is 35.1. The molecular formula is C61H78N3O9+3. The number of aromatic nitrogens is 3. The molecule has 7 rings (SSSR count). The fourth-order valence-corrected chi connectivity index (χ4v) is 11.0. The Labute approximate surface area is 432 Å². The number of benzene rings is 3. The monoisotopic (exact) mass is 997 g/mol. The summed E-state index contributed by atoms with van der Waals surface area (Å²) in [5.41, 5.74) is 8.38. The molecule has 5 N–H and O–H groups in total. The number of methoxy groups -OCH3 is 1. The quantitative estimate of drug-likeness (QED) is 0.0308. The number of carbonyl (C=O) groups excluding carboxylic acids is 1. The van der Waals surface area contributed by atoms with Gasteiger partial charge in [0.1, 0.15) is 33.2 Å². The Morgan fingerprint density at radius 1 is 0.548 bits per heavy atom. The Balaban J connectivity index is 1.32. The van der Waals surface area contributed by atoms with E-state index in [9.17, 15) is 30.3 Å². The molecule has 0 spiro atoms. The molecule has 0 bridgehead atoms. The van der Waals surface area contributed by atoms with Crippen molar-refractivity contribution >= 4 is 6.29 Å². The van der Waals surface area contributed by atoms with Crippen LogP contribution in [0.4, 0.5) is 0 Å². The maximum absolute atomic E-state index is 12.2. The third-order valence-corrected chi connectivity index (χ3v) is 14.8. The second-order valence-electron chi connectivity index (χ2n) is 20.8. The summed E-state index contributed by atoms with van der Waals surface area (Å²) in [6, 6.07) is 38.4. The second-order valence-corrected chi connectivity index (χ2v) is 20.8. The minimum Gasteiger partial charge on any atom is -0.497 e. The molecule has 4 heterocycles. The summed E-state index contributed by atoms with van der Waals surface area (Å²) >= 11 is 0. The number of nitrogens with zero attached hydrogens (tertiary/aromatic N) is 3. The van der Waals surface area contributed by atoms with Gasteiger partial charge in [0.05, 0.1) is 49.8 Å². The topological polar surface area (TPSA) is 158 Å². The van der Waals surface area contributed by atoms with E-state index in [0.717, 1.165) is 28.7 Å². The molecule has 13 atom stereocenters. The number of aryl methyl sites for hydroxylation is 3. The maximum atomic E-state index is 12.2. The van der Waals surface area contributed by atoms with Crippen LogP contribution in [0.3, 0.4) is 0 Å².